The van der Waals surface area contributed by atoms with Crippen molar-refractivity contribution < 1.29 is 42.7 Å². The fraction of sp³-hybridized carbons (Fsp3) is 0.585. The number of hydrogen-bond donors (Lipinski definition) is 2. The van der Waals surface area contributed by atoms with Crippen molar-refractivity contribution in [1.82, 2.24) is 10.6 Å². The molecule has 2 atom stereocenters. The standard InChI is InChI=1S/C36H53N2P.C5H8.2ClH.Ru/c1-23-19-25(3)33(26(4)20-23)34-31(36-37-17-18-38-36)15-16-32(34)39(29-11-7-8-12-29,30-13-9-10-14-30)35-27(5)21-24(2)22-28(35)6;1-4-5(2)3;;;/h19-22,29-30,32,34,37-39H,7-18H2,1-6H3;1,4H,2-3H3;2*1H;/q;;;;+2/p-2. The summed E-state index contributed by atoms with van der Waals surface area (Å²) in [6.45, 7) is 20.7. The van der Waals surface area contributed by atoms with Crippen LogP contribution in [0.25, 0.3) is 0 Å². The first-order valence-electron chi connectivity index (χ1n) is 18.0. The molecule has 2 aromatic rings. The van der Waals surface area contributed by atoms with Gasteiger partial charge in [0.25, 0.3) is 0 Å². The van der Waals surface area contributed by atoms with Crippen molar-refractivity contribution in [3.63, 3.8) is 0 Å². The molecule has 1 saturated heterocycles. The van der Waals surface area contributed by atoms with E-state index in [0.29, 0.717) is 5.92 Å². The molecule has 2 nitrogen and oxygen atoms in total. The summed E-state index contributed by atoms with van der Waals surface area (Å²) in [6.07, 6.45) is 16.4. The van der Waals surface area contributed by atoms with Crippen LogP contribution in [0.5, 0.6) is 0 Å². The predicted molar refractivity (Wildman–Crippen MR) is 198 cm³/mol. The molecule has 0 spiro atoms. The molecule has 0 aromatic heterocycles. The van der Waals surface area contributed by atoms with E-state index in [1.54, 1.807) is 22.3 Å². The Bertz CT molecular complexity index is 1380. The first-order chi connectivity index (χ1) is 21.6. The van der Waals surface area contributed by atoms with Gasteiger partial charge in [-0.2, -0.15) is 0 Å². The van der Waals surface area contributed by atoms with Crippen LogP contribution in [0.15, 0.2) is 47.3 Å². The minimum absolute atomic E-state index is 0. The zero-order chi connectivity index (χ0) is 32.3. The number of aryl methyl sites for hydroxylation is 6. The van der Waals surface area contributed by atoms with E-state index in [9.17, 15) is 0 Å². The third-order valence-corrected chi connectivity index (χ3v) is 19.4. The van der Waals surface area contributed by atoms with Gasteiger partial charge < -0.3 is 24.8 Å². The van der Waals surface area contributed by atoms with Crippen LogP contribution in [0.2, 0.25) is 0 Å². The van der Waals surface area contributed by atoms with Gasteiger partial charge in [0.2, 0.25) is 0 Å². The Labute approximate surface area is 310 Å². The maximum absolute atomic E-state index is 3.81. The van der Waals surface area contributed by atoms with Crippen LogP contribution in [0.4, 0.5) is 0 Å². The van der Waals surface area contributed by atoms with Crippen molar-refractivity contribution >= 4 is 17.2 Å². The Balaban J connectivity index is 0.000000689. The molecule has 1 aliphatic heterocycles. The molecule has 0 amide bonds. The number of benzene rings is 2. The molecule has 3 saturated carbocycles. The summed E-state index contributed by atoms with van der Waals surface area (Å²) >= 11 is 2.44. The van der Waals surface area contributed by atoms with Gasteiger partial charge in [-0.25, -0.2) is 0 Å². The smallest absolute Gasteiger partial charge is 1.00 e. The summed E-state index contributed by atoms with van der Waals surface area (Å²) in [5.74, 6) is 1.94. The molecular formula is C41H61Cl2N2PRu. The maximum atomic E-state index is 3.81. The topological polar surface area (TPSA) is 24.1 Å². The van der Waals surface area contributed by atoms with Crippen molar-refractivity contribution in [2.45, 2.75) is 142 Å². The number of halogens is 2. The zero-order valence-corrected chi connectivity index (χ0v) is 34.6. The molecule has 0 radical (unpaired) electrons. The van der Waals surface area contributed by atoms with Crippen LogP contribution in [0.1, 0.15) is 123 Å². The Morgan fingerprint density at radius 1 is 0.702 bits per heavy atom. The SMILES string of the molecule is CC(C)=C[CH]=[Ru+2].Cc1cc(C)c(C2C(=C3NCCN3)CCC2[PH](c2c(C)cc(C)cc2C)(C2CCCC2)C2CCCC2)c(C)c1.[Cl-].[Cl-]. The van der Waals surface area contributed by atoms with Gasteiger partial charge in [0, 0.05) is 0 Å². The van der Waals surface area contributed by atoms with E-state index in [4.69, 9.17) is 0 Å². The van der Waals surface area contributed by atoms with E-state index in [1.807, 2.05) is 9.91 Å². The second-order valence-electron chi connectivity index (χ2n) is 15.2. The van der Waals surface area contributed by atoms with Crippen LogP contribution < -0.4 is 40.8 Å². The molecule has 47 heavy (non-hydrogen) atoms. The van der Waals surface area contributed by atoms with Crippen LogP contribution in [0, 0.1) is 41.5 Å². The Morgan fingerprint density at radius 3 is 1.55 bits per heavy atom. The van der Waals surface area contributed by atoms with Crippen molar-refractivity contribution in [2.24, 2.45) is 0 Å². The molecule has 0 bridgehead atoms. The summed E-state index contributed by atoms with van der Waals surface area (Å²) in [6, 6.07) is 10.1. The average Bonchev–Trinajstić information content (AvgIpc) is 3.78. The van der Waals surface area contributed by atoms with Crippen molar-refractivity contribution in [3.05, 3.63) is 86.3 Å². The molecule has 4 aliphatic rings. The van der Waals surface area contributed by atoms with E-state index >= 15 is 0 Å². The quantitative estimate of drug-likeness (QED) is 0.347. The molecule has 2 N–H and O–H groups in total. The van der Waals surface area contributed by atoms with Gasteiger partial charge in [0.1, 0.15) is 0 Å². The Morgan fingerprint density at radius 2 is 1.15 bits per heavy atom. The first kappa shape index (κ1) is 40.5. The van der Waals surface area contributed by atoms with Crippen LogP contribution in [0.3, 0.4) is 0 Å². The fourth-order valence-corrected chi connectivity index (χ4v) is 20.1. The summed E-state index contributed by atoms with van der Waals surface area (Å²) in [5, 5.41) is 9.53. The van der Waals surface area contributed by atoms with Crippen molar-refractivity contribution in [3.8, 4) is 0 Å². The van der Waals surface area contributed by atoms with Gasteiger partial charge in [-0.05, 0) is 0 Å². The Hall–Kier alpha value is -0.977. The zero-order valence-electron chi connectivity index (χ0n) is 30.4. The fourth-order valence-electron chi connectivity index (χ4n) is 10.7. The normalized spacial score (nSPS) is 21.6. The summed E-state index contributed by atoms with van der Waals surface area (Å²) in [7, 11) is -1.97. The van der Waals surface area contributed by atoms with Gasteiger partial charge in [0.05, 0.1) is 0 Å². The van der Waals surface area contributed by atoms with Crippen LogP contribution >= 0.6 is 7.26 Å². The van der Waals surface area contributed by atoms with Crippen LogP contribution in [-0.4, -0.2) is 34.7 Å². The number of allylic oxidation sites excluding steroid dienone is 3. The predicted octanol–water partition coefficient (Wildman–Crippen LogP) is 3.46. The van der Waals surface area contributed by atoms with E-state index in [-0.39, 0.29) is 24.8 Å². The van der Waals surface area contributed by atoms with Gasteiger partial charge >= 0.3 is 287 Å². The molecular weight excluding hydrogens is 723 g/mol. The molecule has 6 rings (SSSR count). The summed E-state index contributed by atoms with van der Waals surface area (Å²) < 4.78 is 1.97. The van der Waals surface area contributed by atoms with Crippen LogP contribution in [-0.2, 0) is 17.9 Å². The second kappa shape index (κ2) is 17.8. The molecule has 1 heterocycles. The maximum Gasteiger partial charge on any atom is -1.00 e. The molecule has 2 aromatic carbocycles. The number of rotatable bonds is 6. The van der Waals surface area contributed by atoms with Gasteiger partial charge in [-0.1, -0.05) is 0 Å². The number of nitrogens with one attached hydrogen (secondary N) is 2. The third kappa shape index (κ3) is 8.33. The van der Waals surface area contributed by atoms with E-state index < -0.39 is 7.26 Å². The number of hydrogen-bond acceptors (Lipinski definition) is 2. The molecule has 262 valence electrons. The van der Waals surface area contributed by atoms with Gasteiger partial charge in [-0.15, -0.1) is 0 Å². The molecule has 4 fully saturated rings. The van der Waals surface area contributed by atoms with E-state index in [1.165, 1.54) is 97.9 Å². The summed E-state index contributed by atoms with van der Waals surface area (Å²) in [5.41, 5.74) is 16.6. The van der Waals surface area contributed by atoms with E-state index in [0.717, 1.165) is 30.1 Å². The Kier molecular flexibility index (Phi) is 15.3. The largest absolute Gasteiger partial charge is 1.00 e. The monoisotopic (exact) mass is 784 g/mol. The van der Waals surface area contributed by atoms with Gasteiger partial charge in [0.15, 0.2) is 0 Å². The first-order valence-corrected chi connectivity index (χ1v) is 21.2. The summed E-state index contributed by atoms with van der Waals surface area (Å²) in [4.78, 5) is 0. The van der Waals surface area contributed by atoms with Crippen molar-refractivity contribution in [2.75, 3.05) is 13.1 Å². The van der Waals surface area contributed by atoms with Crippen molar-refractivity contribution in [1.29, 1.82) is 0 Å². The molecule has 2 unspecified atom stereocenters. The minimum Gasteiger partial charge on any atom is -1.00 e. The van der Waals surface area contributed by atoms with E-state index in [2.05, 4.69) is 114 Å². The van der Waals surface area contributed by atoms with Gasteiger partial charge in [-0.3, -0.25) is 0 Å². The molecule has 6 heteroatoms. The minimum atomic E-state index is -1.97. The molecule has 3 aliphatic carbocycles. The third-order valence-electron chi connectivity index (χ3n) is 11.8. The second-order valence-corrected chi connectivity index (χ2v) is 20.5. The average molecular weight is 785 g/mol.